The molecule has 0 bridgehead atoms. The van der Waals surface area contributed by atoms with E-state index < -0.39 is 37.5 Å². The number of H-pyrrole nitrogens is 1. The predicted octanol–water partition coefficient (Wildman–Crippen LogP) is 7.24. The van der Waals surface area contributed by atoms with E-state index in [0.29, 0.717) is 50.8 Å². The highest BCUT2D eigenvalue weighted by atomic mass is 35.5. The number of rotatable bonds is 12. The normalized spacial score (nSPS) is 18.9. The van der Waals surface area contributed by atoms with Gasteiger partial charge in [-0.15, -0.1) is 0 Å². The number of amides is 2. The smallest absolute Gasteiger partial charge is 0.297 e. The van der Waals surface area contributed by atoms with Gasteiger partial charge in [-0.3, -0.25) is 24.6 Å². The highest BCUT2D eigenvalue weighted by Gasteiger charge is 2.34. The molecular formula is C47H51ClN8O9S. The van der Waals surface area contributed by atoms with Crippen LogP contribution in [0.15, 0.2) is 89.6 Å². The summed E-state index contributed by atoms with van der Waals surface area (Å²) in [5.74, 6) is -0.873. The van der Waals surface area contributed by atoms with Crippen LogP contribution in [-0.2, 0) is 19.6 Å². The Morgan fingerprint density at radius 3 is 2.55 bits per heavy atom. The first kappa shape index (κ1) is 45.0. The maximum Gasteiger partial charge on any atom is 0.297 e. The molecule has 0 spiro atoms. The van der Waals surface area contributed by atoms with E-state index in [-0.39, 0.29) is 47.1 Å². The number of hydrogen-bond donors (Lipinski definition) is 3. The molecule has 5 aromatic rings. The number of ether oxygens (including phenoxy) is 3. The lowest BCUT2D eigenvalue weighted by Gasteiger charge is -2.39. The molecule has 66 heavy (non-hydrogen) atoms. The number of nitro groups is 1. The van der Waals surface area contributed by atoms with E-state index in [4.69, 9.17) is 25.8 Å². The molecule has 5 heterocycles. The Balaban J connectivity index is 0.931. The molecular weight excluding hydrogens is 888 g/mol. The number of sulfonamides is 1. The fourth-order valence-electron chi connectivity index (χ4n) is 9.05. The molecule has 1 aliphatic carbocycles. The third-order valence-electron chi connectivity index (χ3n) is 12.7. The number of aromatic amines is 1. The first-order valence-electron chi connectivity index (χ1n) is 22.0. The Labute approximate surface area is 387 Å². The van der Waals surface area contributed by atoms with E-state index in [1.165, 1.54) is 29.0 Å². The molecule has 0 unspecified atom stereocenters. The van der Waals surface area contributed by atoms with Gasteiger partial charge in [0.2, 0.25) is 5.91 Å². The van der Waals surface area contributed by atoms with Gasteiger partial charge in [0.05, 0.1) is 47.3 Å². The Bertz CT molecular complexity index is 2820. The van der Waals surface area contributed by atoms with Crippen LogP contribution in [0.3, 0.4) is 0 Å². The van der Waals surface area contributed by atoms with Gasteiger partial charge in [0.1, 0.15) is 23.8 Å². The average Bonchev–Trinajstić information content (AvgIpc) is 3.78. The van der Waals surface area contributed by atoms with Crippen LogP contribution in [0.2, 0.25) is 5.02 Å². The van der Waals surface area contributed by atoms with Crippen LogP contribution in [0.5, 0.6) is 17.2 Å². The second kappa shape index (κ2) is 18.6. The van der Waals surface area contributed by atoms with Gasteiger partial charge in [0.15, 0.2) is 11.4 Å². The van der Waals surface area contributed by atoms with E-state index in [9.17, 15) is 28.1 Å². The number of hydrogen-bond acceptors (Lipinski definition) is 13. The fourth-order valence-corrected chi connectivity index (χ4v) is 10.2. The number of morpholine rings is 1. The summed E-state index contributed by atoms with van der Waals surface area (Å²) in [7, 11) is -4.72. The minimum Gasteiger partial charge on any atom is -0.489 e. The molecule has 1 atom stereocenters. The number of fused-ring (bicyclic) bond motifs is 2. The molecule has 0 saturated carbocycles. The molecule has 9 rings (SSSR count). The number of aromatic nitrogens is 2. The van der Waals surface area contributed by atoms with E-state index in [1.807, 2.05) is 18.2 Å². The molecule has 2 fully saturated rings. The number of halogens is 1. The number of carbonyl (C=O) groups excluding carboxylic acids is 2. The molecule has 2 saturated heterocycles. The molecule has 2 amide bonds. The zero-order valence-corrected chi connectivity index (χ0v) is 38.3. The largest absolute Gasteiger partial charge is 0.489 e. The van der Waals surface area contributed by atoms with Crippen molar-refractivity contribution in [3.63, 3.8) is 0 Å². The lowest BCUT2D eigenvalue weighted by atomic mass is 9.72. The van der Waals surface area contributed by atoms with Crippen molar-refractivity contribution in [3.8, 4) is 17.2 Å². The predicted molar refractivity (Wildman–Crippen MR) is 250 cm³/mol. The van der Waals surface area contributed by atoms with Crippen molar-refractivity contribution in [2.45, 2.75) is 50.5 Å². The van der Waals surface area contributed by atoms with Crippen molar-refractivity contribution >= 4 is 67.1 Å². The van der Waals surface area contributed by atoms with Crippen molar-refractivity contribution in [2.24, 2.45) is 5.41 Å². The maximum absolute atomic E-state index is 14.1. The molecule has 3 aliphatic heterocycles. The zero-order valence-electron chi connectivity index (χ0n) is 36.7. The molecule has 346 valence electrons. The summed E-state index contributed by atoms with van der Waals surface area (Å²) < 4.78 is 47.4. The summed E-state index contributed by atoms with van der Waals surface area (Å²) in [4.78, 5) is 51.8. The first-order valence-corrected chi connectivity index (χ1v) is 23.9. The molecule has 3 aromatic carbocycles. The van der Waals surface area contributed by atoms with Gasteiger partial charge in [-0.25, -0.2) is 18.1 Å². The second-order valence-corrected chi connectivity index (χ2v) is 20.0. The van der Waals surface area contributed by atoms with Crippen LogP contribution in [0.25, 0.3) is 16.6 Å². The number of anilines is 2. The third kappa shape index (κ3) is 9.96. The lowest BCUT2D eigenvalue weighted by Crippen LogP contribution is -2.47. The summed E-state index contributed by atoms with van der Waals surface area (Å²) in [5, 5.41) is 16.8. The van der Waals surface area contributed by atoms with Gasteiger partial charge in [-0.1, -0.05) is 43.2 Å². The number of pyridine rings is 1. The second-order valence-electron chi connectivity index (χ2n) is 17.9. The number of nitro benzene ring substituents is 1. The van der Waals surface area contributed by atoms with Crippen LogP contribution >= 0.6 is 11.6 Å². The van der Waals surface area contributed by atoms with Crippen LogP contribution in [0.4, 0.5) is 17.1 Å². The van der Waals surface area contributed by atoms with Crippen molar-refractivity contribution < 1.29 is 37.1 Å². The molecule has 0 radical (unpaired) electrons. The topological polar surface area (TPSA) is 202 Å². The number of nitrogens with zero attached hydrogens (tertiary/aromatic N) is 5. The fraction of sp³-hybridized carbons (Fsp3) is 0.383. The number of carbonyl (C=O) groups is 2. The zero-order chi connectivity index (χ0) is 46.2. The summed E-state index contributed by atoms with van der Waals surface area (Å²) in [6, 6.07) is 18.1. The number of benzene rings is 3. The summed E-state index contributed by atoms with van der Waals surface area (Å²) in [5.41, 5.74) is 4.95. The summed E-state index contributed by atoms with van der Waals surface area (Å²) in [6.07, 6.45) is 6.41. The summed E-state index contributed by atoms with van der Waals surface area (Å²) in [6.45, 7) is 10.2. The molecule has 3 N–H and O–H groups in total. The van der Waals surface area contributed by atoms with Crippen LogP contribution in [0, 0.1) is 15.5 Å². The average molecular weight is 939 g/mol. The quantitative estimate of drug-likeness (QED) is 0.0836. The maximum atomic E-state index is 14.1. The van der Waals surface area contributed by atoms with Crippen LogP contribution in [0.1, 0.15) is 55.5 Å². The SMILES string of the molecule is CC1(C)CCC(CN2CCN(c3ccc(C(=O)NS(=O)(=O)c4cc5c(c([N+](=O)[O-])c4)N[C@@H](CC(=O)N4CCOCC4)CO5)c(Oc4cnc5[nH]ccc5c4)c3)CC2)=C(c2ccc(Cl)cc2)C1. The first-order chi connectivity index (χ1) is 31.7. The van der Waals surface area contributed by atoms with E-state index in [1.54, 1.807) is 29.3 Å². The molecule has 2 aromatic heterocycles. The van der Waals surface area contributed by atoms with E-state index >= 15 is 0 Å². The third-order valence-corrected chi connectivity index (χ3v) is 14.3. The Hall–Kier alpha value is -6.21. The Morgan fingerprint density at radius 2 is 1.79 bits per heavy atom. The van der Waals surface area contributed by atoms with Crippen molar-refractivity contribution in [2.75, 3.05) is 75.9 Å². The van der Waals surface area contributed by atoms with Gasteiger partial charge >= 0.3 is 0 Å². The minimum atomic E-state index is -4.72. The van der Waals surface area contributed by atoms with Gasteiger partial charge in [-0.05, 0) is 72.2 Å². The van der Waals surface area contributed by atoms with Gasteiger partial charge in [0, 0.05) is 86.3 Å². The Kier molecular flexibility index (Phi) is 12.7. The molecule has 19 heteroatoms. The van der Waals surface area contributed by atoms with Gasteiger partial charge < -0.3 is 34.3 Å². The number of allylic oxidation sites excluding steroid dienone is 1. The van der Waals surface area contributed by atoms with Crippen LogP contribution < -0.4 is 24.4 Å². The van der Waals surface area contributed by atoms with Gasteiger partial charge in [0.25, 0.3) is 21.6 Å². The highest BCUT2D eigenvalue weighted by molar-refractivity contribution is 7.90. The monoisotopic (exact) mass is 938 g/mol. The molecule has 17 nitrogen and oxygen atoms in total. The Morgan fingerprint density at radius 1 is 1.02 bits per heavy atom. The summed E-state index contributed by atoms with van der Waals surface area (Å²) >= 11 is 6.25. The number of nitrogens with one attached hydrogen (secondary N) is 3. The van der Waals surface area contributed by atoms with Crippen molar-refractivity contribution in [1.82, 2.24) is 24.5 Å². The van der Waals surface area contributed by atoms with Crippen LogP contribution in [-0.4, -0.2) is 117 Å². The lowest BCUT2D eigenvalue weighted by molar-refractivity contribution is -0.384. The minimum absolute atomic E-state index is 0.00493. The molecule has 4 aliphatic rings. The standard InChI is InChI=1S/C47H51ClN8O9S/c1-47(2)11-9-32(39(26-47)30-3-5-33(48)6-4-30)28-53-13-15-54(16-14-53)35-7-8-38(41(23-35)65-36-21-31-10-12-49-45(31)50-27-36)46(58)52-66(61,62)37-24-40(56(59)60)44-42(25-37)64-29-34(51-44)22-43(57)55-17-19-63-20-18-55/h3-8,10,12,21,23-25,27,34,51H,9,11,13-20,22,26,28-29H2,1-2H3,(H,49,50)(H,52,58)/t34-/m0/s1. The van der Waals surface area contributed by atoms with E-state index in [2.05, 4.69) is 55.8 Å². The number of piperazine rings is 1. The van der Waals surface area contributed by atoms with Crippen molar-refractivity contribution in [3.05, 3.63) is 111 Å². The van der Waals surface area contributed by atoms with E-state index in [0.717, 1.165) is 67.1 Å². The van der Waals surface area contributed by atoms with Crippen molar-refractivity contribution in [1.29, 1.82) is 0 Å². The van der Waals surface area contributed by atoms with Gasteiger partial charge in [-0.2, -0.15) is 0 Å². The highest BCUT2D eigenvalue weighted by Crippen LogP contribution is 2.44.